The summed E-state index contributed by atoms with van der Waals surface area (Å²) >= 11 is 7.23. The number of nitrogens with zero attached hydrogens (tertiary/aromatic N) is 3. The van der Waals surface area contributed by atoms with Crippen LogP contribution in [0.2, 0.25) is 5.15 Å². The molecule has 0 unspecified atom stereocenters. The number of halogens is 1. The molecule has 6 nitrogen and oxygen atoms in total. The van der Waals surface area contributed by atoms with Crippen molar-refractivity contribution in [3.8, 4) is 0 Å². The van der Waals surface area contributed by atoms with Crippen molar-refractivity contribution in [2.24, 2.45) is 0 Å². The maximum Gasteiger partial charge on any atom is 0.262 e. The summed E-state index contributed by atoms with van der Waals surface area (Å²) in [6.07, 6.45) is 1.46. The molecule has 0 spiro atoms. The molecule has 2 aromatic rings. The van der Waals surface area contributed by atoms with Gasteiger partial charge < -0.3 is 5.11 Å². The average molecular weight is 308 g/mol. The Labute approximate surface area is 112 Å². The minimum atomic E-state index is -3.71. The zero-order valence-electron chi connectivity index (χ0n) is 9.15. The van der Waals surface area contributed by atoms with E-state index in [2.05, 4.69) is 4.98 Å². The molecule has 2 aromatic heterocycles. The summed E-state index contributed by atoms with van der Waals surface area (Å²) < 4.78 is 27.6. The Balaban J connectivity index is 2.13. The van der Waals surface area contributed by atoms with Gasteiger partial charge in [-0.15, -0.1) is 11.3 Å². The Morgan fingerprint density at radius 3 is 3.00 bits per heavy atom. The molecule has 0 radical (unpaired) electrons. The van der Waals surface area contributed by atoms with E-state index in [1.165, 1.54) is 20.0 Å². The van der Waals surface area contributed by atoms with Crippen molar-refractivity contribution >= 4 is 37.9 Å². The zero-order chi connectivity index (χ0) is 12.9. The highest BCUT2D eigenvalue weighted by Crippen LogP contribution is 2.29. The van der Waals surface area contributed by atoms with Crippen LogP contribution in [-0.2, 0) is 10.0 Å². The molecule has 0 bridgehead atoms. The number of imidazole rings is 1. The molecule has 9 heteroatoms. The van der Waals surface area contributed by atoms with Crippen molar-refractivity contribution in [1.29, 1.82) is 0 Å². The minimum Gasteiger partial charge on any atom is -0.392 e. The first-order valence-corrected chi connectivity index (χ1v) is 7.99. The zero-order valence-corrected chi connectivity index (χ0v) is 11.5. The third-order valence-corrected chi connectivity index (χ3v) is 5.91. The summed E-state index contributed by atoms with van der Waals surface area (Å²) in [5, 5.41) is 11.1. The number of hydrogen-bond acceptors (Lipinski definition) is 5. The van der Waals surface area contributed by atoms with E-state index >= 15 is 0 Å². The maximum absolute atomic E-state index is 12.4. The largest absolute Gasteiger partial charge is 0.392 e. The van der Waals surface area contributed by atoms with Gasteiger partial charge in [0.1, 0.15) is 0 Å². The van der Waals surface area contributed by atoms with Crippen molar-refractivity contribution in [2.75, 3.05) is 13.1 Å². The van der Waals surface area contributed by atoms with E-state index in [0.29, 0.717) is 17.9 Å². The van der Waals surface area contributed by atoms with E-state index in [-0.39, 0.29) is 16.7 Å². The summed E-state index contributed by atoms with van der Waals surface area (Å²) in [6.45, 7) is 0.410. The molecule has 0 amide bonds. The van der Waals surface area contributed by atoms with Gasteiger partial charge in [0.25, 0.3) is 10.0 Å². The van der Waals surface area contributed by atoms with E-state index in [1.54, 1.807) is 11.6 Å². The first-order valence-electron chi connectivity index (χ1n) is 5.29. The van der Waals surface area contributed by atoms with Crippen LogP contribution in [0.25, 0.3) is 4.96 Å². The van der Waals surface area contributed by atoms with Crippen molar-refractivity contribution in [2.45, 2.75) is 17.6 Å². The molecule has 0 aliphatic carbocycles. The number of aliphatic hydroxyl groups is 1. The van der Waals surface area contributed by atoms with Crippen molar-refractivity contribution < 1.29 is 13.5 Å². The lowest BCUT2D eigenvalue weighted by atomic mass is 10.3. The number of fused-ring (bicyclic) bond motifs is 1. The first kappa shape index (κ1) is 12.4. The van der Waals surface area contributed by atoms with Gasteiger partial charge in [-0.3, -0.25) is 4.40 Å². The molecule has 1 saturated heterocycles. The standard InChI is InChI=1S/C9H10ClN3O3S2/c10-7-8(13-3-4-17-9(13)11-7)18(15,16)12-2-1-6(14)5-12/h3-4,6,14H,1-2,5H2/t6-/m1/s1. The molecule has 1 atom stereocenters. The lowest BCUT2D eigenvalue weighted by molar-refractivity contribution is 0.189. The van der Waals surface area contributed by atoms with Crippen LogP contribution in [0.5, 0.6) is 0 Å². The highest BCUT2D eigenvalue weighted by molar-refractivity contribution is 7.89. The van der Waals surface area contributed by atoms with Crippen LogP contribution in [0.3, 0.4) is 0 Å². The fourth-order valence-corrected chi connectivity index (χ4v) is 4.92. The molecular formula is C9H10ClN3O3S2. The molecule has 1 fully saturated rings. The third kappa shape index (κ3) is 1.76. The summed E-state index contributed by atoms with van der Waals surface area (Å²) in [7, 11) is -3.71. The van der Waals surface area contributed by atoms with Gasteiger partial charge in [0, 0.05) is 24.7 Å². The SMILES string of the molecule is O=S(=O)(c1c(Cl)nc2sccn12)N1CC[C@@H](O)C1. The average Bonchev–Trinajstić information content (AvgIpc) is 2.92. The van der Waals surface area contributed by atoms with Crippen molar-refractivity contribution in [3.05, 3.63) is 16.7 Å². The van der Waals surface area contributed by atoms with Crippen LogP contribution in [0.4, 0.5) is 0 Å². The number of hydrogen-bond donors (Lipinski definition) is 1. The van der Waals surface area contributed by atoms with Gasteiger partial charge in [0.05, 0.1) is 6.10 Å². The van der Waals surface area contributed by atoms with Crippen molar-refractivity contribution in [3.63, 3.8) is 0 Å². The van der Waals surface area contributed by atoms with Crippen molar-refractivity contribution in [1.82, 2.24) is 13.7 Å². The number of sulfonamides is 1. The number of aliphatic hydroxyl groups excluding tert-OH is 1. The molecule has 1 aliphatic heterocycles. The number of β-amino-alcohol motifs (C(OH)–C–C–N with tert-alkyl or cyclic N) is 1. The number of aromatic nitrogens is 2. The van der Waals surface area contributed by atoms with Gasteiger partial charge >= 0.3 is 0 Å². The Bertz CT molecular complexity index is 693. The fourth-order valence-electron chi connectivity index (χ4n) is 2.02. The number of rotatable bonds is 2. The van der Waals surface area contributed by atoms with Crippen LogP contribution in [0.1, 0.15) is 6.42 Å². The predicted octanol–water partition coefficient (Wildman–Crippen LogP) is 0.804. The third-order valence-electron chi connectivity index (χ3n) is 2.89. The van der Waals surface area contributed by atoms with E-state index in [1.807, 2.05) is 0 Å². The van der Waals surface area contributed by atoms with E-state index < -0.39 is 16.1 Å². The van der Waals surface area contributed by atoms with Crippen LogP contribution in [-0.4, -0.2) is 46.4 Å². The van der Waals surface area contributed by atoms with Gasteiger partial charge in [0.2, 0.25) is 0 Å². The van der Waals surface area contributed by atoms with Gasteiger partial charge in [-0.2, -0.15) is 4.31 Å². The van der Waals surface area contributed by atoms with Gasteiger partial charge in [0.15, 0.2) is 15.1 Å². The molecule has 1 N–H and O–H groups in total. The van der Waals surface area contributed by atoms with Crippen LogP contribution >= 0.6 is 22.9 Å². The summed E-state index contributed by atoms with van der Waals surface area (Å²) in [5.41, 5.74) is 0. The highest BCUT2D eigenvalue weighted by Gasteiger charge is 2.35. The second-order valence-corrected chi connectivity index (χ2v) is 7.15. The molecule has 18 heavy (non-hydrogen) atoms. The summed E-state index contributed by atoms with van der Waals surface area (Å²) in [6, 6.07) is 0. The van der Waals surface area contributed by atoms with Crippen LogP contribution in [0, 0.1) is 0 Å². The maximum atomic E-state index is 12.4. The second kappa shape index (κ2) is 4.17. The second-order valence-electron chi connectivity index (χ2n) is 4.07. The molecule has 3 heterocycles. The Morgan fingerprint density at radius 1 is 1.56 bits per heavy atom. The molecule has 98 valence electrons. The molecular weight excluding hydrogens is 298 g/mol. The van der Waals surface area contributed by atoms with Gasteiger partial charge in [-0.25, -0.2) is 13.4 Å². The molecule has 0 aromatic carbocycles. The monoisotopic (exact) mass is 307 g/mol. The molecule has 1 aliphatic rings. The van der Waals surface area contributed by atoms with Crippen LogP contribution < -0.4 is 0 Å². The Kier molecular flexibility index (Phi) is 2.87. The van der Waals surface area contributed by atoms with E-state index in [0.717, 1.165) is 0 Å². The topological polar surface area (TPSA) is 74.9 Å². The van der Waals surface area contributed by atoms with Gasteiger partial charge in [-0.1, -0.05) is 11.6 Å². The molecule has 0 saturated carbocycles. The molecule has 3 rings (SSSR count). The first-order chi connectivity index (χ1) is 8.50. The quantitative estimate of drug-likeness (QED) is 0.890. The lowest BCUT2D eigenvalue weighted by Crippen LogP contribution is -2.30. The lowest BCUT2D eigenvalue weighted by Gasteiger charge is -2.14. The van der Waals surface area contributed by atoms with E-state index in [9.17, 15) is 13.5 Å². The summed E-state index contributed by atoms with van der Waals surface area (Å²) in [4.78, 5) is 4.55. The number of thiazole rings is 1. The predicted molar refractivity (Wildman–Crippen MR) is 67.5 cm³/mol. The fraction of sp³-hybridized carbons (Fsp3) is 0.444. The Hall–Kier alpha value is -0.670. The van der Waals surface area contributed by atoms with Gasteiger partial charge in [-0.05, 0) is 6.42 Å². The summed E-state index contributed by atoms with van der Waals surface area (Å²) in [5.74, 6) is 0. The highest BCUT2D eigenvalue weighted by atomic mass is 35.5. The smallest absolute Gasteiger partial charge is 0.262 e. The Morgan fingerprint density at radius 2 is 2.33 bits per heavy atom. The normalized spacial score (nSPS) is 22.0. The minimum absolute atomic E-state index is 0.0190. The van der Waals surface area contributed by atoms with E-state index in [4.69, 9.17) is 11.6 Å². The van der Waals surface area contributed by atoms with Crippen LogP contribution in [0.15, 0.2) is 16.6 Å².